The van der Waals surface area contributed by atoms with E-state index in [1.54, 1.807) is 19.1 Å². The van der Waals surface area contributed by atoms with Crippen molar-refractivity contribution in [3.8, 4) is 0 Å². The summed E-state index contributed by atoms with van der Waals surface area (Å²) in [6.45, 7) is 3.12. The molecule has 1 aromatic rings. The Labute approximate surface area is 119 Å². The van der Waals surface area contributed by atoms with Crippen molar-refractivity contribution >= 4 is 22.4 Å². The molecule has 0 aliphatic carbocycles. The van der Waals surface area contributed by atoms with Crippen molar-refractivity contribution in [1.29, 1.82) is 0 Å². The van der Waals surface area contributed by atoms with Crippen molar-refractivity contribution in [2.45, 2.75) is 30.7 Å². The predicted octanol–water partition coefficient (Wildman–Crippen LogP) is 1.59. The van der Waals surface area contributed by atoms with Crippen molar-refractivity contribution in [3.63, 3.8) is 0 Å². The van der Waals surface area contributed by atoms with E-state index in [0.717, 1.165) is 25.9 Å². The van der Waals surface area contributed by atoms with E-state index in [2.05, 4.69) is 10.0 Å². The first-order valence-electron chi connectivity index (χ1n) is 5.99. The fourth-order valence-electron chi connectivity index (χ4n) is 2.05. The van der Waals surface area contributed by atoms with Gasteiger partial charge in [-0.15, -0.1) is 12.4 Å². The van der Waals surface area contributed by atoms with Gasteiger partial charge in [-0.1, -0.05) is 12.1 Å². The van der Waals surface area contributed by atoms with Crippen LogP contribution in [-0.4, -0.2) is 27.5 Å². The lowest BCUT2D eigenvalue weighted by Crippen LogP contribution is -2.42. The molecule has 19 heavy (non-hydrogen) atoms. The highest BCUT2D eigenvalue weighted by Gasteiger charge is 2.24. The van der Waals surface area contributed by atoms with E-state index in [-0.39, 0.29) is 23.3 Å². The normalized spacial score (nSPS) is 16.9. The van der Waals surface area contributed by atoms with E-state index in [0.29, 0.717) is 5.56 Å². The average molecular weight is 309 g/mol. The maximum absolute atomic E-state index is 13.8. The zero-order valence-electron chi connectivity index (χ0n) is 10.6. The first-order chi connectivity index (χ1) is 8.50. The largest absolute Gasteiger partial charge is 0.317 e. The van der Waals surface area contributed by atoms with Crippen molar-refractivity contribution < 1.29 is 12.8 Å². The molecule has 0 atom stereocenters. The van der Waals surface area contributed by atoms with Crippen LogP contribution in [0.15, 0.2) is 23.1 Å². The van der Waals surface area contributed by atoms with Crippen LogP contribution in [0.2, 0.25) is 0 Å². The molecule has 2 N–H and O–H groups in total. The van der Waals surface area contributed by atoms with Gasteiger partial charge in [-0.2, -0.15) is 0 Å². The minimum absolute atomic E-state index is 0. The fourth-order valence-corrected chi connectivity index (χ4v) is 3.51. The van der Waals surface area contributed by atoms with Crippen LogP contribution in [-0.2, 0) is 10.0 Å². The molecule has 0 radical (unpaired) electrons. The van der Waals surface area contributed by atoms with E-state index >= 15 is 0 Å². The molecule has 4 nitrogen and oxygen atoms in total. The van der Waals surface area contributed by atoms with Crippen molar-refractivity contribution in [3.05, 3.63) is 29.6 Å². The molecule has 1 aliphatic rings. The molecule has 0 saturated carbocycles. The number of piperidine rings is 1. The summed E-state index contributed by atoms with van der Waals surface area (Å²) in [6, 6.07) is 4.29. The van der Waals surface area contributed by atoms with Gasteiger partial charge in [0.25, 0.3) is 0 Å². The standard InChI is InChI=1S/C12H17FN2O2S.ClH/c1-9-3-2-4-11(12(9)13)18(16,17)15-10-5-7-14-8-6-10;/h2-4,10,14-15H,5-8H2,1H3;1H. The molecule has 0 aromatic heterocycles. The van der Waals surface area contributed by atoms with Crippen LogP contribution in [0.1, 0.15) is 18.4 Å². The average Bonchev–Trinajstić information content (AvgIpc) is 2.33. The third-order valence-corrected chi connectivity index (χ3v) is 4.64. The molecule has 0 amide bonds. The Kier molecular flexibility index (Phi) is 5.73. The molecule has 1 fully saturated rings. The Balaban J connectivity index is 0.00000180. The molecule has 1 saturated heterocycles. The van der Waals surface area contributed by atoms with Gasteiger partial charge >= 0.3 is 0 Å². The van der Waals surface area contributed by atoms with Crippen LogP contribution in [0, 0.1) is 12.7 Å². The maximum atomic E-state index is 13.8. The summed E-state index contributed by atoms with van der Waals surface area (Å²) in [6.07, 6.45) is 1.46. The predicted molar refractivity (Wildman–Crippen MR) is 74.6 cm³/mol. The number of rotatable bonds is 3. The van der Waals surface area contributed by atoms with Gasteiger partial charge in [0, 0.05) is 6.04 Å². The summed E-state index contributed by atoms with van der Waals surface area (Å²) < 4.78 is 40.6. The highest BCUT2D eigenvalue weighted by molar-refractivity contribution is 7.89. The van der Waals surface area contributed by atoms with Gasteiger partial charge in [0.2, 0.25) is 10.0 Å². The highest BCUT2D eigenvalue weighted by Crippen LogP contribution is 2.18. The number of halogens is 2. The Morgan fingerprint density at radius 2 is 1.95 bits per heavy atom. The van der Waals surface area contributed by atoms with Gasteiger partial charge in [-0.3, -0.25) is 0 Å². The van der Waals surface area contributed by atoms with E-state index in [9.17, 15) is 12.8 Å². The highest BCUT2D eigenvalue weighted by atomic mass is 35.5. The molecule has 7 heteroatoms. The zero-order valence-corrected chi connectivity index (χ0v) is 12.3. The second kappa shape index (κ2) is 6.65. The van der Waals surface area contributed by atoms with Crippen LogP contribution >= 0.6 is 12.4 Å². The fraction of sp³-hybridized carbons (Fsp3) is 0.500. The Morgan fingerprint density at radius 3 is 2.58 bits per heavy atom. The molecule has 0 spiro atoms. The topological polar surface area (TPSA) is 58.2 Å². The number of sulfonamides is 1. The number of hydrogen-bond acceptors (Lipinski definition) is 3. The van der Waals surface area contributed by atoms with Crippen molar-refractivity contribution in [2.24, 2.45) is 0 Å². The smallest absolute Gasteiger partial charge is 0.243 e. The SMILES string of the molecule is Cc1cccc(S(=O)(=O)NC2CCNCC2)c1F.Cl. The summed E-state index contributed by atoms with van der Waals surface area (Å²) >= 11 is 0. The third-order valence-electron chi connectivity index (χ3n) is 3.11. The van der Waals surface area contributed by atoms with Gasteiger partial charge in [0.1, 0.15) is 10.7 Å². The van der Waals surface area contributed by atoms with Crippen LogP contribution in [0.25, 0.3) is 0 Å². The summed E-state index contributed by atoms with van der Waals surface area (Å²) in [5.41, 5.74) is 0.336. The number of benzene rings is 1. The lowest BCUT2D eigenvalue weighted by Gasteiger charge is -2.23. The monoisotopic (exact) mass is 308 g/mol. The lowest BCUT2D eigenvalue weighted by atomic mass is 10.1. The van der Waals surface area contributed by atoms with Gasteiger partial charge in [0.05, 0.1) is 0 Å². The minimum atomic E-state index is -3.77. The summed E-state index contributed by atoms with van der Waals surface area (Å²) in [4.78, 5) is -0.263. The molecule has 1 aromatic carbocycles. The first kappa shape index (κ1) is 16.4. The van der Waals surface area contributed by atoms with Crippen LogP contribution in [0.4, 0.5) is 4.39 Å². The molecule has 0 unspecified atom stereocenters. The van der Waals surface area contributed by atoms with Crippen LogP contribution in [0.5, 0.6) is 0 Å². The Morgan fingerprint density at radius 1 is 1.32 bits per heavy atom. The summed E-state index contributed by atoms with van der Waals surface area (Å²) in [7, 11) is -3.77. The van der Waals surface area contributed by atoms with Gasteiger partial charge in [-0.05, 0) is 44.5 Å². The molecule has 108 valence electrons. The quantitative estimate of drug-likeness (QED) is 0.891. The number of hydrogen-bond donors (Lipinski definition) is 2. The molecular formula is C12H18ClFN2O2S. The summed E-state index contributed by atoms with van der Waals surface area (Å²) in [5, 5.41) is 3.15. The van der Waals surface area contributed by atoms with Gasteiger partial charge in [0.15, 0.2) is 0 Å². The number of nitrogens with one attached hydrogen (secondary N) is 2. The second-order valence-corrected chi connectivity index (χ2v) is 6.21. The van der Waals surface area contributed by atoms with Gasteiger partial charge in [-0.25, -0.2) is 17.5 Å². The van der Waals surface area contributed by atoms with Crippen molar-refractivity contribution in [1.82, 2.24) is 10.0 Å². The first-order valence-corrected chi connectivity index (χ1v) is 7.47. The third kappa shape index (κ3) is 3.89. The second-order valence-electron chi connectivity index (χ2n) is 4.53. The van der Waals surface area contributed by atoms with E-state index in [1.165, 1.54) is 6.07 Å². The molecule has 1 aliphatic heterocycles. The Bertz CT molecular complexity index is 531. The van der Waals surface area contributed by atoms with Crippen LogP contribution < -0.4 is 10.0 Å². The van der Waals surface area contributed by atoms with Crippen molar-refractivity contribution in [2.75, 3.05) is 13.1 Å². The summed E-state index contributed by atoms with van der Waals surface area (Å²) in [5.74, 6) is -0.668. The molecular weight excluding hydrogens is 291 g/mol. The maximum Gasteiger partial charge on any atom is 0.243 e. The Hall–Kier alpha value is -0.690. The van der Waals surface area contributed by atoms with E-state index in [4.69, 9.17) is 0 Å². The molecule has 1 heterocycles. The van der Waals surface area contributed by atoms with E-state index < -0.39 is 15.8 Å². The van der Waals surface area contributed by atoms with Crippen LogP contribution in [0.3, 0.4) is 0 Å². The molecule has 0 bridgehead atoms. The lowest BCUT2D eigenvalue weighted by molar-refractivity contribution is 0.426. The number of aryl methyl sites for hydroxylation is 1. The molecule has 2 rings (SSSR count). The van der Waals surface area contributed by atoms with E-state index in [1.807, 2.05) is 0 Å². The minimum Gasteiger partial charge on any atom is -0.317 e. The van der Waals surface area contributed by atoms with Gasteiger partial charge < -0.3 is 5.32 Å². The zero-order chi connectivity index (χ0) is 13.2.